The van der Waals surface area contributed by atoms with Crippen molar-refractivity contribution in [1.29, 1.82) is 0 Å². The van der Waals surface area contributed by atoms with Crippen molar-refractivity contribution in [2.75, 3.05) is 6.61 Å². The van der Waals surface area contributed by atoms with E-state index in [1.807, 2.05) is 19.1 Å². The van der Waals surface area contributed by atoms with Gasteiger partial charge in [-0.3, -0.25) is 0 Å². The Bertz CT molecular complexity index is 736. The molecule has 0 bridgehead atoms. The molecular weight excluding hydrogens is 343 g/mol. The molecule has 0 aliphatic heterocycles. The second kappa shape index (κ2) is 5.60. The van der Waals surface area contributed by atoms with E-state index < -0.39 is 13.0 Å². The van der Waals surface area contributed by atoms with Crippen molar-refractivity contribution >= 4 is 55.4 Å². The van der Waals surface area contributed by atoms with Crippen LogP contribution in [0.3, 0.4) is 0 Å². The fraction of sp³-hybridized carbons (Fsp3) is 0.231. The van der Waals surface area contributed by atoms with E-state index in [1.54, 1.807) is 12.1 Å². The van der Waals surface area contributed by atoms with Crippen molar-refractivity contribution in [3.8, 4) is 5.75 Å². The molecule has 0 aliphatic carbocycles. The zero-order valence-electron chi connectivity index (χ0n) is 10.4. The van der Waals surface area contributed by atoms with Gasteiger partial charge in [0, 0.05) is 5.39 Å². The Balaban J connectivity index is 2.74. The Kier molecular flexibility index (Phi) is 4.40. The Morgan fingerprint density at radius 1 is 1.15 bits per heavy atom. The van der Waals surface area contributed by atoms with Gasteiger partial charge in [0.2, 0.25) is 9.84 Å². The number of halogens is 3. The van der Waals surface area contributed by atoms with Crippen LogP contribution < -0.4 is 4.74 Å². The summed E-state index contributed by atoms with van der Waals surface area (Å²) < 4.78 is 27.5. The number of ether oxygens (including phenoxy) is 1. The summed E-state index contributed by atoms with van der Waals surface area (Å²) in [5.74, 6) is 0.443. The zero-order chi connectivity index (χ0) is 15.0. The fourth-order valence-corrected chi connectivity index (χ4v) is 3.43. The summed E-state index contributed by atoms with van der Waals surface area (Å²) >= 11 is 16.6. The molecule has 0 atom stereocenters. The number of alkyl halides is 3. The van der Waals surface area contributed by atoms with Gasteiger partial charge in [-0.15, -0.1) is 0 Å². The lowest BCUT2D eigenvalue weighted by Crippen LogP contribution is -2.19. The van der Waals surface area contributed by atoms with Crippen molar-refractivity contribution in [3.05, 3.63) is 36.4 Å². The average Bonchev–Trinajstić information content (AvgIpc) is 2.37. The average molecular weight is 354 g/mol. The van der Waals surface area contributed by atoms with E-state index in [-0.39, 0.29) is 4.90 Å². The Hall–Kier alpha value is -0.680. The van der Waals surface area contributed by atoms with Gasteiger partial charge in [-0.25, -0.2) is 8.42 Å². The maximum absolute atomic E-state index is 12.2. The lowest BCUT2D eigenvalue weighted by Gasteiger charge is -2.15. The predicted octanol–water partition coefficient (Wildman–Crippen LogP) is 4.34. The zero-order valence-corrected chi connectivity index (χ0v) is 13.5. The molecule has 2 aromatic rings. The number of rotatable bonds is 3. The quantitative estimate of drug-likeness (QED) is 0.771. The van der Waals surface area contributed by atoms with E-state index >= 15 is 0 Å². The largest absolute Gasteiger partial charge is 0.493 e. The molecule has 20 heavy (non-hydrogen) atoms. The lowest BCUT2D eigenvalue weighted by atomic mass is 10.1. The van der Waals surface area contributed by atoms with E-state index in [0.29, 0.717) is 17.7 Å². The maximum Gasteiger partial charge on any atom is 0.296 e. The molecule has 2 rings (SSSR count). The fourth-order valence-electron chi connectivity index (χ4n) is 1.81. The predicted molar refractivity (Wildman–Crippen MR) is 82.6 cm³/mol. The van der Waals surface area contributed by atoms with Crippen LogP contribution in [-0.4, -0.2) is 18.1 Å². The topological polar surface area (TPSA) is 43.4 Å². The highest BCUT2D eigenvalue weighted by Crippen LogP contribution is 2.40. The molecule has 0 amide bonds. The molecule has 0 saturated carbocycles. The number of sulfone groups is 1. The first-order valence-corrected chi connectivity index (χ1v) is 8.36. The summed E-state index contributed by atoms with van der Waals surface area (Å²) in [6.07, 6.45) is 0. The third-order valence-corrected chi connectivity index (χ3v) is 6.01. The molecule has 0 aliphatic rings. The van der Waals surface area contributed by atoms with Gasteiger partial charge >= 0.3 is 0 Å². The third-order valence-electron chi connectivity index (χ3n) is 2.71. The highest BCUT2D eigenvalue weighted by atomic mass is 35.6. The highest BCUT2D eigenvalue weighted by Gasteiger charge is 2.39. The van der Waals surface area contributed by atoms with E-state index in [1.165, 1.54) is 12.1 Å². The molecule has 0 aromatic heterocycles. The third kappa shape index (κ3) is 2.84. The van der Waals surface area contributed by atoms with Crippen LogP contribution >= 0.6 is 34.8 Å². The van der Waals surface area contributed by atoms with Gasteiger partial charge < -0.3 is 4.74 Å². The van der Waals surface area contributed by atoms with E-state index in [0.717, 1.165) is 5.39 Å². The summed E-state index contributed by atoms with van der Waals surface area (Å²) in [6, 6.07) is 10.1. The van der Waals surface area contributed by atoms with Gasteiger partial charge in [0.1, 0.15) is 5.75 Å². The van der Waals surface area contributed by atoms with E-state index in [2.05, 4.69) is 0 Å². The monoisotopic (exact) mass is 352 g/mol. The van der Waals surface area contributed by atoms with Crippen LogP contribution in [0.25, 0.3) is 10.8 Å². The first-order valence-electron chi connectivity index (χ1n) is 5.74. The number of hydrogen-bond acceptors (Lipinski definition) is 3. The van der Waals surface area contributed by atoms with Crippen LogP contribution in [0.1, 0.15) is 6.92 Å². The minimum atomic E-state index is -4.09. The van der Waals surface area contributed by atoms with E-state index in [9.17, 15) is 8.42 Å². The lowest BCUT2D eigenvalue weighted by molar-refractivity contribution is 0.343. The molecule has 0 fully saturated rings. The number of benzene rings is 2. The molecule has 108 valence electrons. The van der Waals surface area contributed by atoms with Crippen LogP contribution in [0.5, 0.6) is 5.75 Å². The van der Waals surface area contributed by atoms with Gasteiger partial charge in [-0.1, -0.05) is 59.1 Å². The molecule has 0 N–H and O–H groups in total. The van der Waals surface area contributed by atoms with Crippen LogP contribution in [0.15, 0.2) is 41.3 Å². The van der Waals surface area contributed by atoms with Crippen LogP contribution in [0.2, 0.25) is 0 Å². The van der Waals surface area contributed by atoms with Crippen LogP contribution in [0.4, 0.5) is 0 Å². The van der Waals surface area contributed by atoms with Gasteiger partial charge in [0.15, 0.2) is 0 Å². The van der Waals surface area contributed by atoms with Gasteiger partial charge in [-0.05, 0) is 24.4 Å². The summed E-state index contributed by atoms with van der Waals surface area (Å²) in [5, 5.41) is 1.50. The first-order chi connectivity index (χ1) is 9.27. The van der Waals surface area contributed by atoms with Crippen LogP contribution in [-0.2, 0) is 9.84 Å². The highest BCUT2D eigenvalue weighted by molar-refractivity contribution is 7.97. The van der Waals surface area contributed by atoms with Crippen molar-refractivity contribution in [2.45, 2.75) is 14.9 Å². The molecule has 0 unspecified atom stereocenters. The van der Waals surface area contributed by atoms with Gasteiger partial charge in [0.25, 0.3) is 3.12 Å². The molecule has 2 aromatic carbocycles. The van der Waals surface area contributed by atoms with Crippen molar-refractivity contribution in [1.82, 2.24) is 0 Å². The number of hydrogen-bond donors (Lipinski definition) is 0. The van der Waals surface area contributed by atoms with E-state index in [4.69, 9.17) is 39.5 Å². The summed E-state index contributed by atoms with van der Waals surface area (Å²) in [6.45, 7) is 2.21. The molecule has 7 heteroatoms. The molecule has 0 radical (unpaired) electrons. The van der Waals surface area contributed by atoms with Crippen molar-refractivity contribution in [3.63, 3.8) is 0 Å². The van der Waals surface area contributed by atoms with Gasteiger partial charge in [-0.2, -0.15) is 0 Å². The van der Waals surface area contributed by atoms with Crippen molar-refractivity contribution < 1.29 is 13.2 Å². The SMILES string of the molecule is CCOc1cc(S(=O)(=O)C(Cl)(Cl)Cl)cc2ccccc12. The van der Waals surface area contributed by atoms with Gasteiger partial charge in [0.05, 0.1) is 11.5 Å². The van der Waals surface area contributed by atoms with Crippen molar-refractivity contribution in [2.24, 2.45) is 0 Å². The Morgan fingerprint density at radius 3 is 2.40 bits per heavy atom. The minimum Gasteiger partial charge on any atom is -0.493 e. The Morgan fingerprint density at radius 2 is 1.80 bits per heavy atom. The maximum atomic E-state index is 12.2. The minimum absolute atomic E-state index is 0.0837. The molecule has 0 saturated heterocycles. The smallest absolute Gasteiger partial charge is 0.296 e. The second-order valence-corrected chi connectivity index (χ2v) is 9.07. The summed E-state index contributed by atoms with van der Waals surface area (Å²) in [5.41, 5.74) is 0. The molecule has 0 heterocycles. The summed E-state index contributed by atoms with van der Waals surface area (Å²) in [4.78, 5) is -0.0837. The molecule has 3 nitrogen and oxygen atoms in total. The normalized spacial score (nSPS) is 12.6. The molecule has 0 spiro atoms. The Labute approximate surface area is 132 Å². The van der Waals surface area contributed by atoms with Crippen LogP contribution in [0, 0.1) is 0 Å². The first kappa shape index (κ1) is 15.7. The standard InChI is InChI=1S/C13H11Cl3O3S/c1-2-19-12-8-10(20(17,18)13(14,15)16)7-9-5-3-4-6-11(9)12/h3-8H,2H2,1H3. The number of fused-ring (bicyclic) bond motifs is 1. The molecular formula is C13H11Cl3O3S. The second-order valence-electron chi connectivity index (χ2n) is 4.02. The summed E-state index contributed by atoms with van der Waals surface area (Å²) in [7, 11) is -4.09.